The summed E-state index contributed by atoms with van der Waals surface area (Å²) in [6, 6.07) is 11.7. The Morgan fingerprint density at radius 2 is 1.85 bits per heavy atom. The van der Waals surface area contributed by atoms with E-state index < -0.39 is 10.0 Å². The van der Waals surface area contributed by atoms with Crippen molar-refractivity contribution >= 4 is 50.3 Å². The number of hydrogen-bond donors (Lipinski definition) is 2. The van der Waals surface area contributed by atoms with Crippen LogP contribution in [-0.2, 0) is 10.0 Å². The lowest BCUT2D eigenvalue weighted by molar-refractivity contribution is 0.416. The van der Waals surface area contributed by atoms with Crippen LogP contribution in [0.25, 0.3) is 0 Å². The molecule has 0 spiro atoms. The third kappa shape index (κ3) is 5.32. The average Bonchev–Trinajstić information content (AvgIpc) is 2.62. The number of rotatable bonds is 7. The van der Waals surface area contributed by atoms with Crippen molar-refractivity contribution in [3.63, 3.8) is 0 Å². The van der Waals surface area contributed by atoms with Crippen LogP contribution in [0.15, 0.2) is 47.4 Å². The van der Waals surface area contributed by atoms with Crippen molar-refractivity contribution in [3.05, 3.63) is 47.5 Å². The molecule has 2 N–H and O–H groups in total. The Morgan fingerprint density at radius 3 is 2.44 bits per heavy atom. The summed E-state index contributed by atoms with van der Waals surface area (Å²) in [4.78, 5) is 0.167. The van der Waals surface area contributed by atoms with Crippen molar-refractivity contribution in [3.8, 4) is 5.75 Å². The van der Waals surface area contributed by atoms with Crippen molar-refractivity contribution in [2.75, 3.05) is 30.8 Å². The highest BCUT2D eigenvalue weighted by Gasteiger charge is 2.23. The van der Waals surface area contributed by atoms with Gasteiger partial charge >= 0.3 is 0 Å². The summed E-state index contributed by atoms with van der Waals surface area (Å²) < 4.78 is 32.2. The number of benzene rings is 2. The Morgan fingerprint density at radius 1 is 1.15 bits per heavy atom. The third-order valence-electron chi connectivity index (χ3n) is 3.84. The third-order valence-corrected chi connectivity index (χ3v) is 6.33. The molecule has 0 aliphatic rings. The van der Waals surface area contributed by atoms with E-state index in [4.69, 9.17) is 28.6 Å². The molecule has 0 aliphatic carbocycles. The van der Waals surface area contributed by atoms with Gasteiger partial charge in [0.05, 0.1) is 17.7 Å². The highest BCUT2D eigenvalue weighted by molar-refractivity contribution is 7.89. The number of methoxy groups -OCH3 is 1. The first-order valence-electron chi connectivity index (χ1n) is 8.33. The van der Waals surface area contributed by atoms with Gasteiger partial charge in [-0.3, -0.25) is 0 Å². The van der Waals surface area contributed by atoms with E-state index in [1.165, 1.54) is 23.5 Å². The maximum absolute atomic E-state index is 12.8. The van der Waals surface area contributed by atoms with Crippen molar-refractivity contribution in [2.45, 2.75) is 18.7 Å². The summed E-state index contributed by atoms with van der Waals surface area (Å²) in [6.07, 6.45) is 0. The molecule has 146 valence electrons. The molecule has 0 fully saturated rings. The molecular weight excluding hydrogens is 406 g/mol. The summed E-state index contributed by atoms with van der Waals surface area (Å²) in [5.74, 6) is 0.476. The van der Waals surface area contributed by atoms with Crippen LogP contribution >= 0.6 is 23.8 Å². The zero-order valence-electron chi connectivity index (χ0n) is 15.3. The summed E-state index contributed by atoms with van der Waals surface area (Å²) >= 11 is 11.3. The number of sulfonamides is 1. The highest BCUT2D eigenvalue weighted by Crippen LogP contribution is 2.29. The molecule has 2 rings (SSSR count). The van der Waals surface area contributed by atoms with Crippen LogP contribution in [0.4, 0.5) is 11.4 Å². The van der Waals surface area contributed by atoms with Gasteiger partial charge in [-0.15, -0.1) is 0 Å². The first-order chi connectivity index (χ1) is 12.8. The van der Waals surface area contributed by atoms with E-state index >= 15 is 0 Å². The number of anilines is 2. The average molecular weight is 428 g/mol. The summed E-state index contributed by atoms with van der Waals surface area (Å²) in [7, 11) is -2.09. The zero-order valence-corrected chi connectivity index (χ0v) is 17.7. The molecule has 0 bridgehead atoms. The molecule has 0 amide bonds. The molecule has 9 heteroatoms. The standard InChI is InChI=1S/C18H22ClN3O3S2/c1-4-22(5-2)27(23,24)15-9-10-17(25-3)16(12-15)21-18(26)20-14-8-6-7-13(19)11-14/h6-12H,4-5H2,1-3H3,(H2,20,21,26). The van der Waals surface area contributed by atoms with Crippen LogP contribution in [0.2, 0.25) is 5.02 Å². The molecule has 0 saturated heterocycles. The number of halogens is 1. The number of nitrogens with one attached hydrogen (secondary N) is 2. The molecule has 6 nitrogen and oxygen atoms in total. The van der Waals surface area contributed by atoms with E-state index in [9.17, 15) is 8.42 Å². The predicted octanol–water partition coefficient (Wildman–Crippen LogP) is 4.19. The molecule has 27 heavy (non-hydrogen) atoms. The minimum atomic E-state index is -3.59. The zero-order chi connectivity index (χ0) is 20.0. The molecule has 2 aromatic carbocycles. The molecule has 0 radical (unpaired) electrons. The summed E-state index contributed by atoms with van der Waals surface area (Å²) in [5.41, 5.74) is 1.16. The van der Waals surface area contributed by atoms with Gasteiger partial charge in [0.15, 0.2) is 5.11 Å². The van der Waals surface area contributed by atoms with E-state index in [1.54, 1.807) is 38.1 Å². The van der Waals surface area contributed by atoms with E-state index in [2.05, 4.69) is 10.6 Å². The largest absolute Gasteiger partial charge is 0.495 e. The van der Waals surface area contributed by atoms with Gasteiger partial charge in [0, 0.05) is 23.8 Å². The van der Waals surface area contributed by atoms with Crippen LogP contribution in [-0.4, -0.2) is 38.0 Å². The van der Waals surface area contributed by atoms with Gasteiger partial charge in [-0.25, -0.2) is 8.42 Å². The molecule has 0 saturated carbocycles. The maximum Gasteiger partial charge on any atom is 0.243 e. The topological polar surface area (TPSA) is 70.7 Å². The van der Waals surface area contributed by atoms with Gasteiger partial charge in [0.2, 0.25) is 10.0 Å². The first-order valence-corrected chi connectivity index (χ1v) is 10.6. The SMILES string of the molecule is CCN(CC)S(=O)(=O)c1ccc(OC)c(NC(=S)Nc2cccc(Cl)c2)c1. The number of thiocarbonyl (C=S) groups is 1. The maximum atomic E-state index is 12.8. The Balaban J connectivity index is 2.28. The van der Waals surface area contributed by atoms with Crippen LogP contribution in [0.5, 0.6) is 5.75 Å². The molecule has 0 aromatic heterocycles. The second kappa shape index (κ2) is 9.36. The number of hydrogen-bond acceptors (Lipinski definition) is 4. The van der Waals surface area contributed by atoms with Crippen LogP contribution in [0.3, 0.4) is 0 Å². The van der Waals surface area contributed by atoms with E-state index in [-0.39, 0.29) is 10.0 Å². The molecular formula is C18H22ClN3O3S2. The van der Waals surface area contributed by atoms with E-state index in [0.29, 0.717) is 35.2 Å². The molecule has 0 heterocycles. The van der Waals surface area contributed by atoms with Crippen molar-refractivity contribution in [2.24, 2.45) is 0 Å². The number of ether oxygens (including phenoxy) is 1. The Labute approximate surface area is 170 Å². The highest BCUT2D eigenvalue weighted by atomic mass is 35.5. The lowest BCUT2D eigenvalue weighted by atomic mass is 10.3. The first kappa shape index (κ1) is 21.4. The smallest absolute Gasteiger partial charge is 0.243 e. The Bertz CT molecular complexity index is 916. The fourth-order valence-electron chi connectivity index (χ4n) is 2.51. The minimum Gasteiger partial charge on any atom is -0.495 e. The van der Waals surface area contributed by atoms with Gasteiger partial charge in [-0.2, -0.15) is 4.31 Å². The Kier molecular flexibility index (Phi) is 7.43. The van der Waals surface area contributed by atoms with Crippen LogP contribution in [0.1, 0.15) is 13.8 Å². The quantitative estimate of drug-likeness (QED) is 0.645. The van der Waals surface area contributed by atoms with Crippen LogP contribution in [0, 0.1) is 0 Å². The van der Waals surface area contributed by atoms with Crippen molar-refractivity contribution < 1.29 is 13.2 Å². The second-order valence-corrected chi connectivity index (χ2v) is 8.32. The van der Waals surface area contributed by atoms with Crippen molar-refractivity contribution in [1.82, 2.24) is 4.31 Å². The molecule has 0 aliphatic heterocycles. The van der Waals surface area contributed by atoms with Gasteiger partial charge < -0.3 is 15.4 Å². The van der Waals surface area contributed by atoms with Crippen molar-refractivity contribution in [1.29, 1.82) is 0 Å². The lowest BCUT2D eigenvalue weighted by Crippen LogP contribution is -2.30. The minimum absolute atomic E-state index is 0.167. The molecule has 0 unspecified atom stereocenters. The van der Waals surface area contributed by atoms with Gasteiger partial charge in [0.1, 0.15) is 5.75 Å². The van der Waals surface area contributed by atoms with Crippen LogP contribution < -0.4 is 15.4 Å². The molecule has 2 aromatic rings. The normalized spacial score (nSPS) is 11.3. The van der Waals surface area contributed by atoms with E-state index in [0.717, 1.165) is 0 Å². The van der Waals surface area contributed by atoms with Gasteiger partial charge in [0.25, 0.3) is 0 Å². The fraction of sp³-hybridized carbons (Fsp3) is 0.278. The number of nitrogens with zero attached hydrogens (tertiary/aromatic N) is 1. The lowest BCUT2D eigenvalue weighted by Gasteiger charge is -2.20. The molecule has 0 atom stereocenters. The van der Waals surface area contributed by atoms with Gasteiger partial charge in [-0.05, 0) is 48.6 Å². The summed E-state index contributed by atoms with van der Waals surface area (Å²) in [5, 5.41) is 6.85. The second-order valence-electron chi connectivity index (χ2n) is 5.54. The monoisotopic (exact) mass is 427 g/mol. The Hall–Kier alpha value is -1.87. The van der Waals surface area contributed by atoms with E-state index in [1.807, 2.05) is 6.07 Å². The van der Waals surface area contributed by atoms with Gasteiger partial charge in [-0.1, -0.05) is 31.5 Å². The fourth-order valence-corrected chi connectivity index (χ4v) is 4.41. The predicted molar refractivity (Wildman–Crippen MR) is 114 cm³/mol. The summed E-state index contributed by atoms with van der Waals surface area (Å²) in [6.45, 7) is 4.38.